The first kappa shape index (κ1) is 18.9. The van der Waals surface area contributed by atoms with E-state index in [9.17, 15) is 9.59 Å². The van der Waals surface area contributed by atoms with Gasteiger partial charge >= 0.3 is 0 Å². The Bertz CT molecular complexity index is 1160. The molecule has 3 aromatic rings. The maximum atomic E-state index is 12.5. The number of thiazole rings is 1. The quantitative estimate of drug-likeness (QED) is 0.731. The number of carbonyl (C=O) groups is 1. The van der Waals surface area contributed by atoms with E-state index in [-0.39, 0.29) is 11.5 Å². The van der Waals surface area contributed by atoms with Crippen LogP contribution in [0, 0.1) is 0 Å². The minimum Gasteiger partial charge on any atom is -0.495 e. The van der Waals surface area contributed by atoms with Crippen LogP contribution in [-0.4, -0.2) is 17.6 Å². The van der Waals surface area contributed by atoms with E-state index in [1.165, 1.54) is 29.1 Å². The Morgan fingerprint density at radius 1 is 1.22 bits per heavy atom. The second-order valence-corrected chi connectivity index (χ2v) is 7.20. The van der Waals surface area contributed by atoms with E-state index in [4.69, 9.17) is 16.3 Å². The van der Waals surface area contributed by atoms with Crippen molar-refractivity contribution in [2.45, 2.75) is 0 Å². The number of hydrogen-bond donors (Lipinski definition) is 1. The number of hydrogen-bond acceptors (Lipinski definition) is 4. The molecule has 2 aromatic carbocycles. The minimum absolute atomic E-state index is 0.170. The van der Waals surface area contributed by atoms with E-state index in [2.05, 4.69) is 5.32 Å². The summed E-state index contributed by atoms with van der Waals surface area (Å²) in [5.41, 5.74) is 1.22. The highest BCUT2D eigenvalue weighted by Crippen LogP contribution is 2.22. The molecule has 0 fully saturated rings. The standard InChI is InChI=1S/C20H17ClN2O3S/c1-23-19(12-18(24)22-15-8-3-4-9-16(15)26-2)27-17(20(23)25)11-13-6-5-7-14(21)10-13/h3-12H,1-2H3,(H,22,24). The fourth-order valence-electron chi connectivity index (χ4n) is 2.48. The van der Waals surface area contributed by atoms with Crippen LogP contribution in [-0.2, 0) is 11.8 Å². The Morgan fingerprint density at radius 2 is 2.00 bits per heavy atom. The van der Waals surface area contributed by atoms with Gasteiger partial charge in [0.15, 0.2) is 0 Å². The first-order valence-electron chi connectivity index (χ1n) is 8.07. The van der Waals surface area contributed by atoms with E-state index >= 15 is 0 Å². The lowest BCUT2D eigenvalue weighted by atomic mass is 10.2. The van der Waals surface area contributed by atoms with Crippen molar-refractivity contribution in [2.75, 3.05) is 12.4 Å². The Labute approximate surface area is 164 Å². The van der Waals surface area contributed by atoms with Crippen LogP contribution in [0.3, 0.4) is 0 Å². The van der Waals surface area contributed by atoms with Crippen LogP contribution < -0.4 is 24.8 Å². The number of para-hydroxylation sites is 2. The summed E-state index contributed by atoms with van der Waals surface area (Å²) in [6.07, 6.45) is 3.15. The summed E-state index contributed by atoms with van der Waals surface area (Å²) in [5.74, 6) is 0.222. The summed E-state index contributed by atoms with van der Waals surface area (Å²) in [4.78, 5) is 24.8. The van der Waals surface area contributed by atoms with Crippen molar-refractivity contribution >= 4 is 46.7 Å². The molecule has 5 nitrogen and oxygen atoms in total. The Hall–Kier alpha value is -2.83. The van der Waals surface area contributed by atoms with Crippen molar-refractivity contribution in [1.29, 1.82) is 0 Å². The van der Waals surface area contributed by atoms with E-state index in [0.717, 1.165) is 5.56 Å². The highest BCUT2D eigenvalue weighted by Gasteiger charge is 2.06. The van der Waals surface area contributed by atoms with Gasteiger partial charge in [-0.1, -0.05) is 35.9 Å². The third kappa shape index (κ3) is 4.48. The van der Waals surface area contributed by atoms with Crippen LogP contribution >= 0.6 is 22.9 Å². The fourth-order valence-corrected chi connectivity index (χ4v) is 3.71. The van der Waals surface area contributed by atoms with Gasteiger partial charge in [-0.2, -0.15) is 0 Å². The summed E-state index contributed by atoms with van der Waals surface area (Å²) in [5, 5.41) is 3.36. The van der Waals surface area contributed by atoms with Crippen molar-refractivity contribution in [3.05, 3.63) is 78.7 Å². The largest absolute Gasteiger partial charge is 0.495 e. The summed E-state index contributed by atoms with van der Waals surface area (Å²) in [6, 6.07) is 14.4. The molecule has 138 valence electrons. The molecule has 0 aliphatic rings. The van der Waals surface area contributed by atoms with Crippen LogP contribution in [0.25, 0.3) is 12.2 Å². The van der Waals surface area contributed by atoms with Crippen molar-refractivity contribution in [2.24, 2.45) is 7.05 Å². The number of aromatic nitrogens is 1. The topological polar surface area (TPSA) is 60.3 Å². The summed E-state index contributed by atoms with van der Waals surface area (Å²) in [6.45, 7) is 0. The smallest absolute Gasteiger partial charge is 0.268 e. The maximum Gasteiger partial charge on any atom is 0.268 e. The molecule has 1 aromatic heterocycles. The highest BCUT2D eigenvalue weighted by atomic mass is 35.5. The summed E-state index contributed by atoms with van der Waals surface area (Å²) < 4.78 is 7.74. The van der Waals surface area contributed by atoms with Gasteiger partial charge in [0, 0.05) is 18.1 Å². The first-order chi connectivity index (χ1) is 13.0. The van der Waals surface area contributed by atoms with E-state index < -0.39 is 0 Å². The Balaban J connectivity index is 1.95. The molecule has 1 amide bonds. The number of anilines is 1. The average Bonchev–Trinajstić information content (AvgIpc) is 2.90. The number of carbonyl (C=O) groups excluding carboxylic acids is 1. The van der Waals surface area contributed by atoms with Gasteiger partial charge in [0.05, 0.1) is 17.3 Å². The van der Waals surface area contributed by atoms with E-state index in [0.29, 0.717) is 25.7 Å². The number of ether oxygens (including phenoxy) is 1. The summed E-state index contributed by atoms with van der Waals surface area (Å²) >= 11 is 7.23. The minimum atomic E-state index is -0.342. The molecule has 1 N–H and O–H groups in total. The van der Waals surface area contributed by atoms with Crippen molar-refractivity contribution < 1.29 is 9.53 Å². The normalized spacial score (nSPS) is 12.3. The fraction of sp³-hybridized carbons (Fsp3) is 0.100. The van der Waals surface area contributed by atoms with Crippen LogP contribution in [0.1, 0.15) is 5.56 Å². The molecule has 0 atom stereocenters. The first-order valence-corrected chi connectivity index (χ1v) is 9.26. The summed E-state index contributed by atoms with van der Waals surface area (Å²) in [7, 11) is 3.17. The van der Waals surface area contributed by atoms with Crippen LogP contribution in [0.4, 0.5) is 5.69 Å². The molecule has 0 radical (unpaired) electrons. The molecule has 27 heavy (non-hydrogen) atoms. The molecular weight excluding hydrogens is 384 g/mol. The number of amides is 1. The zero-order chi connectivity index (χ0) is 19.4. The molecule has 1 heterocycles. The third-order valence-electron chi connectivity index (χ3n) is 3.83. The number of rotatable bonds is 4. The number of nitrogens with one attached hydrogen (secondary N) is 1. The van der Waals surface area contributed by atoms with Crippen molar-refractivity contribution in [3.63, 3.8) is 0 Å². The molecular formula is C20H17ClN2O3S. The molecule has 0 spiro atoms. The van der Waals surface area contributed by atoms with Crippen LogP contribution in [0.5, 0.6) is 5.75 Å². The number of nitrogens with zero attached hydrogens (tertiary/aromatic N) is 1. The SMILES string of the molecule is COc1ccccc1NC(=O)C=c1sc(=Cc2cccc(Cl)c2)c(=O)n1C. The zero-order valence-corrected chi connectivity index (χ0v) is 16.3. The third-order valence-corrected chi connectivity index (χ3v) is 5.17. The highest BCUT2D eigenvalue weighted by molar-refractivity contribution is 7.07. The second kappa shape index (κ2) is 8.24. The number of methoxy groups -OCH3 is 1. The number of benzene rings is 2. The van der Waals surface area contributed by atoms with Gasteiger partial charge in [0.25, 0.3) is 11.5 Å². The van der Waals surface area contributed by atoms with Gasteiger partial charge < -0.3 is 14.6 Å². The van der Waals surface area contributed by atoms with Gasteiger partial charge in [0.1, 0.15) is 10.4 Å². The number of halogens is 1. The van der Waals surface area contributed by atoms with Crippen molar-refractivity contribution in [1.82, 2.24) is 4.57 Å². The monoisotopic (exact) mass is 400 g/mol. The lowest BCUT2D eigenvalue weighted by Gasteiger charge is -2.07. The van der Waals surface area contributed by atoms with Gasteiger partial charge in [-0.25, -0.2) is 0 Å². The molecule has 0 aliphatic heterocycles. The molecule has 3 rings (SSSR count). The average molecular weight is 401 g/mol. The zero-order valence-electron chi connectivity index (χ0n) is 14.7. The molecule has 7 heteroatoms. The second-order valence-electron chi connectivity index (χ2n) is 5.70. The van der Waals surface area contributed by atoms with E-state index in [1.54, 1.807) is 43.5 Å². The van der Waals surface area contributed by atoms with E-state index in [1.807, 2.05) is 18.2 Å². The Morgan fingerprint density at radius 3 is 2.74 bits per heavy atom. The lowest BCUT2D eigenvalue weighted by molar-refractivity contribution is -0.110. The predicted octanol–water partition coefficient (Wildman–Crippen LogP) is 2.36. The van der Waals surface area contributed by atoms with Gasteiger partial charge in [-0.3, -0.25) is 9.59 Å². The lowest BCUT2D eigenvalue weighted by Crippen LogP contribution is -2.29. The molecule has 0 aliphatic carbocycles. The molecule has 0 saturated carbocycles. The molecule has 0 bridgehead atoms. The van der Waals surface area contributed by atoms with Gasteiger partial charge in [-0.05, 0) is 35.9 Å². The van der Waals surface area contributed by atoms with Crippen LogP contribution in [0.15, 0.2) is 53.3 Å². The van der Waals surface area contributed by atoms with Gasteiger partial charge in [-0.15, -0.1) is 11.3 Å². The van der Waals surface area contributed by atoms with Gasteiger partial charge in [0.2, 0.25) is 0 Å². The van der Waals surface area contributed by atoms with Crippen LogP contribution in [0.2, 0.25) is 5.02 Å². The Kier molecular flexibility index (Phi) is 5.78. The molecule has 0 saturated heterocycles. The maximum absolute atomic E-state index is 12.5. The molecule has 0 unspecified atom stereocenters. The predicted molar refractivity (Wildman–Crippen MR) is 110 cm³/mol. The van der Waals surface area contributed by atoms with Crippen molar-refractivity contribution in [3.8, 4) is 5.75 Å².